The molecule has 4 rings (SSSR count). The molecule has 1 fully saturated rings. The maximum Gasteiger partial charge on any atom is 0.355 e. The van der Waals surface area contributed by atoms with Gasteiger partial charge in [0, 0.05) is 35.9 Å². The first-order chi connectivity index (χ1) is 15.0. The molecule has 1 aliphatic heterocycles. The van der Waals surface area contributed by atoms with Gasteiger partial charge >= 0.3 is 5.97 Å². The van der Waals surface area contributed by atoms with Crippen molar-refractivity contribution in [3.63, 3.8) is 0 Å². The van der Waals surface area contributed by atoms with E-state index in [9.17, 15) is 14.7 Å². The molecule has 7 heteroatoms. The molecule has 3 aromatic rings. The predicted octanol–water partition coefficient (Wildman–Crippen LogP) is 4.70. The second-order valence-corrected chi connectivity index (χ2v) is 7.54. The molecule has 0 saturated carbocycles. The summed E-state index contributed by atoms with van der Waals surface area (Å²) in [6, 6.07) is 16.5. The average Bonchev–Trinajstić information content (AvgIpc) is 3.20. The summed E-state index contributed by atoms with van der Waals surface area (Å²) in [5.41, 5.74) is 2.75. The Morgan fingerprint density at radius 1 is 1.00 bits per heavy atom. The van der Waals surface area contributed by atoms with Crippen molar-refractivity contribution in [1.82, 2.24) is 4.57 Å². The summed E-state index contributed by atoms with van der Waals surface area (Å²) >= 11 is 6.03. The number of halogens is 1. The SMILES string of the molecule is O=C(O)c1c(N2CCOCC2)c(-c2ccc(Cl)cc2)cn1C(=O)/C=C/c1ccccc1. The van der Waals surface area contributed by atoms with Crippen molar-refractivity contribution in [3.8, 4) is 11.1 Å². The summed E-state index contributed by atoms with van der Waals surface area (Å²) in [6.07, 6.45) is 4.65. The monoisotopic (exact) mass is 436 g/mol. The molecule has 0 amide bonds. The third kappa shape index (κ3) is 4.55. The number of aromatic carboxylic acids is 1. The molecule has 0 radical (unpaired) electrons. The van der Waals surface area contributed by atoms with Crippen LogP contribution in [0.2, 0.25) is 5.02 Å². The molecule has 6 nitrogen and oxygen atoms in total. The lowest BCUT2D eigenvalue weighted by atomic mass is 10.1. The van der Waals surface area contributed by atoms with Gasteiger partial charge in [0.05, 0.1) is 18.9 Å². The normalized spacial score (nSPS) is 14.2. The molecule has 0 unspecified atom stereocenters. The minimum absolute atomic E-state index is 0.0606. The second kappa shape index (κ2) is 9.20. The fourth-order valence-corrected chi connectivity index (χ4v) is 3.76. The minimum Gasteiger partial charge on any atom is -0.476 e. The van der Waals surface area contributed by atoms with Gasteiger partial charge in [0.25, 0.3) is 5.91 Å². The van der Waals surface area contributed by atoms with Crippen molar-refractivity contribution >= 4 is 35.2 Å². The molecule has 0 aliphatic carbocycles. The summed E-state index contributed by atoms with van der Waals surface area (Å²) in [5.74, 6) is -1.60. The molecule has 0 spiro atoms. The van der Waals surface area contributed by atoms with E-state index in [4.69, 9.17) is 16.3 Å². The highest BCUT2D eigenvalue weighted by molar-refractivity contribution is 6.30. The van der Waals surface area contributed by atoms with Gasteiger partial charge in [-0.05, 0) is 29.3 Å². The second-order valence-electron chi connectivity index (χ2n) is 7.10. The van der Waals surface area contributed by atoms with E-state index >= 15 is 0 Å². The Balaban J connectivity index is 1.82. The molecule has 1 aromatic heterocycles. The van der Waals surface area contributed by atoms with Gasteiger partial charge in [-0.15, -0.1) is 0 Å². The van der Waals surface area contributed by atoms with Gasteiger partial charge in [0.1, 0.15) is 0 Å². The van der Waals surface area contributed by atoms with E-state index in [-0.39, 0.29) is 5.69 Å². The fraction of sp³-hybridized carbons (Fsp3) is 0.167. The maximum absolute atomic E-state index is 13.0. The highest BCUT2D eigenvalue weighted by Gasteiger charge is 2.29. The van der Waals surface area contributed by atoms with Gasteiger partial charge in [-0.1, -0.05) is 54.1 Å². The molecule has 1 saturated heterocycles. The summed E-state index contributed by atoms with van der Waals surface area (Å²) in [4.78, 5) is 27.3. The highest BCUT2D eigenvalue weighted by Crippen LogP contribution is 2.37. The van der Waals surface area contributed by atoms with E-state index in [0.29, 0.717) is 42.6 Å². The zero-order valence-corrected chi connectivity index (χ0v) is 17.5. The highest BCUT2D eigenvalue weighted by atomic mass is 35.5. The lowest BCUT2D eigenvalue weighted by molar-refractivity contribution is 0.0676. The van der Waals surface area contributed by atoms with Crippen LogP contribution in [0.5, 0.6) is 0 Å². The predicted molar refractivity (Wildman–Crippen MR) is 121 cm³/mol. The number of anilines is 1. The summed E-state index contributed by atoms with van der Waals surface area (Å²) < 4.78 is 6.64. The molecule has 1 aliphatic rings. The van der Waals surface area contributed by atoms with Gasteiger partial charge in [-0.2, -0.15) is 0 Å². The summed E-state index contributed by atoms with van der Waals surface area (Å²) in [7, 11) is 0. The summed E-state index contributed by atoms with van der Waals surface area (Å²) in [5, 5.41) is 10.6. The van der Waals surface area contributed by atoms with E-state index in [1.807, 2.05) is 47.4 Å². The number of carboxylic acid groups (broad SMARTS) is 1. The maximum atomic E-state index is 13.0. The summed E-state index contributed by atoms with van der Waals surface area (Å²) in [6.45, 7) is 2.07. The molecule has 31 heavy (non-hydrogen) atoms. The van der Waals surface area contributed by atoms with E-state index < -0.39 is 11.9 Å². The Morgan fingerprint density at radius 2 is 1.68 bits per heavy atom. The molecule has 2 aromatic carbocycles. The van der Waals surface area contributed by atoms with Gasteiger partial charge < -0.3 is 14.7 Å². The number of rotatable bonds is 5. The van der Waals surface area contributed by atoms with Crippen LogP contribution in [-0.2, 0) is 4.74 Å². The number of hydrogen-bond acceptors (Lipinski definition) is 4. The topological polar surface area (TPSA) is 71.8 Å². The van der Waals surface area contributed by atoms with Crippen LogP contribution in [0, 0.1) is 0 Å². The largest absolute Gasteiger partial charge is 0.476 e. The van der Waals surface area contributed by atoms with Gasteiger partial charge in [-0.25, -0.2) is 4.79 Å². The Hall–Kier alpha value is -3.35. The molecule has 0 bridgehead atoms. The number of allylic oxidation sites excluding steroid dienone is 1. The van der Waals surface area contributed by atoms with Gasteiger partial charge in [-0.3, -0.25) is 9.36 Å². The van der Waals surface area contributed by atoms with Crippen molar-refractivity contribution < 1.29 is 19.4 Å². The quantitative estimate of drug-likeness (QED) is 0.587. The number of hydrogen-bond donors (Lipinski definition) is 1. The zero-order valence-electron chi connectivity index (χ0n) is 16.7. The first kappa shape index (κ1) is 20.9. The van der Waals surface area contributed by atoms with Crippen molar-refractivity contribution in [2.45, 2.75) is 0 Å². The number of carbonyl (C=O) groups excluding carboxylic acids is 1. The Kier molecular flexibility index (Phi) is 6.21. The molecule has 158 valence electrons. The number of nitrogens with zero attached hydrogens (tertiary/aromatic N) is 2. The van der Waals surface area contributed by atoms with Crippen molar-refractivity contribution in [2.75, 3.05) is 31.2 Å². The molecular formula is C24H21ClN2O4. The van der Waals surface area contributed by atoms with E-state index in [2.05, 4.69) is 0 Å². The smallest absolute Gasteiger partial charge is 0.355 e. The first-order valence-corrected chi connectivity index (χ1v) is 10.3. The van der Waals surface area contributed by atoms with Crippen LogP contribution < -0.4 is 4.90 Å². The van der Waals surface area contributed by atoms with E-state index in [1.54, 1.807) is 24.4 Å². The average molecular weight is 437 g/mol. The fourth-order valence-electron chi connectivity index (χ4n) is 3.63. The number of carboxylic acids is 1. The Labute approximate surface area is 184 Å². The van der Waals surface area contributed by atoms with Crippen LogP contribution >= 0.6 is 11.6 Å². The van der Waals surface area contributed by atoms with Gasteiger partial charge in [0.15, 0.2) is 5.69 Å². The third-order valence-corrected chi connectivity index (χ3v) is 5.37. The lowest BCUT2D eigenvalue weighted by Gasteiger charge is -2.29. The number of ether oxygens (including phenoxy) is 1. The van der Waals surface area contributed by atoms with Crippen molar-refractivity contribution in [1.29, 1.82) is 0 Å². The van der Waals surface area contributed by atoms with E-state index in [1.165, 1.54) is 10.6 Å². The van der Waals surface area contributed by atoms with Gasteiger partial charge in [0.2, 0.25) is 0 Å². The Bertz CT molecular complexity index is 1110. The van der Waals surface area contributed by atoms with Crippen LogP contribution in [0.1, 0.15) is 20.8 Å². The van der Waals surface area contributed by atoms with Crippen LogP contribution in [-0.4, -0.2) is 47.9 Å². The number of aromatic nitrogens is 1. The minimum atomic E-state index is -1.16. The van der Waals surface area contributed by atoms with Crippen LogP contribution in [0.15, 0.2) is 66.9 Å². The number of benzene rings is 2. The molecular weight excluding hydrogens is 416 g/mol. The van der Waals surface area contributed by atoms with Crippen LogP contribution in [0.25, 0.3) is 17.2 Å². The lowest BCUT2D eigenvalue weighted by Crippen LogP contribution is -2.37. The molecule has 2 heterocycles. The van der Waals surface area contributed by atoms with Crippen LogP contribution in [0.3, 0.4) is 0 Å². The molecule has 1 N–H and O–H groups in total. The standard InChI is InChI=1S/C24H21ClN2O4/c25-19-9-7-18(8-10-19)20-16-27(21(28)11-6-17-4-2-1-3-5-17)23(24(29)30)22(20)26-12-14-31-15-13-26/h1-11,16H,12-15H2,(H,29,30)/b11-6+. The first-order valence-electron chi connectivity index (χ1n) is 9.89. The number of carbonyl (C=O) groups is 2. The van der Waals surface area contributed by atoms with Crippen molar-refractivity contribution in [3.05, 3.63) is 83.2 Å². The number of morpholine rings is 1. The third-order valence-electron chi connectivity index (χ3n) is 5.12. The molecule has 0 atom stereocenters. The zero-order chi connectivity index (χ0) is 21.8. The van der Waals surface area contributed by atoms with Crippen molar-refractivity contribution in [2.24, 2.45) is 0 Å². The van der Waals surface area contributed by atoms with Crippen LogP contribution in [0.4, 0.5) is 5.69 Å². The van der Waals surface area contributed by atoms with E-state index in [0.717, 1.165) is 11.1 Å². The Morgan fingerprint density at radius 3 is 2.32 bits per heavy atom.